The lowest BCUT2D eigenvalue weighted by molar-refractivity contribution is -0.130. The summed E-state index contributed by atoms with van der Waals surface area (Å²) in [5, 5.41) is 0. The van der Waals surface area contributed by atoms with Crippen LogP contribution in [-0.4, -0.2) is 10.8 Å². The Morgan fingerprint density at radius 3 is 2.29 bits per heavy atom. The van der Waals surface area contributed by atoms with Gasteiger partial charge in [-0.15, -0.1) is 0 Å². The molecule has 124 valence electrons. The van der Waals surface area contributed by atoms with Crippen molar-refractivity contribution in [2.24, 2.45) is 0 Å². The van der Waals surface area contributed by atoms with Crippen LogP contribution in [0.4, 0.5) is 0 Å². The molecule has 2 nitrogen and oxygen atoms in total. The average molecular weight is 384 g/mol. The van der Waals surface area contributed by atoms with Gasteiger partial charge in [0, 0.05) is 6.54 Å². The van der Waals surface area contributed by atoms with E-state index >= 15 is 0 Å². The standard InChI is InChI=1S/C21H22BrNO/c1-2-9-18-14-19(17-12-7-4-8-13-17)23(21(24)20(18)22)15-16-10-5-3-6-11-16/h3-8,10-13,19H,2,9,14-15H2,1H3. The van der Waals surface area contributed by atoms with Gasteiger partial charge in [-0.3, -0.25) is 4.79 Å². The van der Waals surface area contributed by atoms with Crippen molar-refractivity contribution in [2.75, 3.05) is 0 Å². The van der Waals surface area contributed by atoms with E-state index in [4.69, 9.17) is 0 Å². The van der Waals surface area contributed by atoms with Crippen LogP contribution in [0.3, 0.4) is 0 Å². The molecule has 0 fully saturated rings. The van der Waals surface area contributed by atoms with Gasteiger partial charge in [-0.2, -0.15) is 0 Å². The lowest BCUT2D eigenvalue weighted by Crippen LogP contribution is -2.38. The van der Waals surface area contributed by atoms with E-state index in [0.29, 0.717) is 6.54 Å². The highest BCUT2D eigenvalue weighted by atomic mass is 79.9. The molecule has 0 spiro atoms. The molecule has 0 radical (unpaired) electrons. The van der Waals surface area contributed by atoms with Crippen LogP contribution in [0, 0.1) is 0 Å². The summed E-state index contributed by atoms with van der Waals surface area (Å²) in [6, 6.07) is 20.7. The molecule has 1 amide bonds. The Morgan fingerprint density at radius 2 is 1.67 bits per heavy atom. The summed E-state index contributed by atoms with van der Waals surface area (Å²) in [7, 11) is 0. The second-order valence-corrected chi connectivity index (χ2v) is 7.01. The third-order valence-corrected chi connectivity index (χ3v) is 5.41. The van der Waals surface area contributed by atoms with Crippen molar-refractivity contribution in [1.29, 1.82) is 0 Å². The topological polar surface area (TPSA) is 20.3 Å². The lowest BCUT2D eigenvalue weighted by Gasteiger charge is -2.37. The molecule has 2 aromatic carbocycles. The maximum atomic E-state index is 13.0. The minimum Gasteiger partial charge on any atom is -0.327 e. The van der Waals surface area contributed by atoms with Gasteiger partial charge in [-0.1, -0.05) is 74.0 Å². The molecular weight excluding hydrogens is 362 g/mol. The van der Waals surface area contributed by atoms with Gasteiger partial charge in [0.25, 0.3) is 5.91 Å². The first kappa shape index (κ1) is 17.0. The Labute approximate surface area is 152 Å². The molecule has 1 aliphatic heterocycles. The molecule has 3 heteroatoms. The Hall–Kier alpha value is -1.87. The number of hydrogen-bond donors (Lipinski definition) is 0. The number of amides is 1. The predicted octanol–water partition coefficient (Wildman–Crippen LogP) is 5.61. The highest BCUT2D eigenvalue weighted by molar-refractivity contribution is 9.12. The van der Waals surface area contributed by atoms with Crippen LogP contribution in [0.15, 0.2) is 70.7 Å². The van der Waals surface area contributed by atoms with Crippen LogP contribution in [0.1, 0.15) is 43.4 Å². The zero-order valence-electron chi connectivity index (χ0n) is 13.9. The highest BCUT2D eigenvalue weighted by Gasteiger charge is 2.33. The number of nitrogens with zero attached hydrogens (tertiary/aromatic N) is 1. The first-order valence-electron chi connectivity index (χ1n) is 8.48. The van der Waals surface area contributed by atoms with Gasteiger partial charge in [0.05, 0.1) is 10.5 Å². The number of hydrogen-bond acceptors (Lipinski definition) is 1. The van der Waals surface area contributed by atoms with Gasteiger partial charge in [-0.25, -0.2) is 0 Å². The number of rotatable bonds is 5. The Morgan fingerprint density at radius 1 is 1.04 bits per heavy atom. The van der Waals surface area contributed by atoms with Crippen LogP contribution in [0.25, 0.3) is 0 Å². The molecule has 0 saturated carbocycles. The fourth-order valence-electron chi connectivity index (χ4n) is 3.30. The van der Waals surface area contributed by atoms with Crippen molar-refractivity contribution in [3.63, 3.8) is 0 Å². The summed E-state index contributed by atoms with van der Waals surface area (Å²) in [4.78, 5) is 15.0. The SMILES string of the molecule is CCCC1=C(Br)C(=O)N(Cc2ccccc2)C(c2ccccc2)C1. The van der Waals surface area contributed by atoms with Crippen molar-refractivity contribution < 1.29 is 4.79 Å². The molecule has 0 saturated heterocycles. The van der Waals surface area contributed by atoms with E-state index in [0.717, 1.165) is 29.3 Å². The molecule has 3 rings (SSSR count). The van der Waals surface area contributed by atoms with Crippen molar-refractivity contribution in [3.05, 3.63) is 81.8 Å². The van der Waals surface area contributed by atoms with E-state index in [9.17, 15) is 4.79 Å². The molecule has 0 aromatic heterocycles. The van der Waals surface area contributed by atoms with E-state index in [1.807, 2.05) is 41.3 Å². The maximum Gasteiger partial charge on any atom is 0.261 e. The van der Waals surface area contributed by atoms with Crippen molar-refractivity contribution >= 4 is 21.8 Å². The molecule has 0 bridgehead atoms. The molecule has 2 aromatic rings. The summed E-state index contributed by atoms with van der Waals surface area (Å²) < 4.78 is 0.757. The van der Waals surface area contributed by atoms with Crippen LogP contribution >= 0.6 is 15.9 Å². The minimum absolute atomic E-state index is 0.0988. The predicted molar refractivity (Wildman–Crippen MR) is 102 cm³/mol. The first-order chi connectivity index (χ1) is 11.7. The summed E-state index contributed by atoms with van der Waals surface area (Å²) in [5.74, 6) is 0.0995. The van der Waals surface area contributed by atoms with Crippen LogP contribution in [0.5, 0.6) is 0 Å². The molecular formula is C21H22BrNO. The molecule has 0 aliphatic carbocycles. The monoisotopic (exact) mass is 383 g/mol. The summed E-state index contributed by atoms with van der Waals surface area (Å²) >= 11 is 3.56. The fraction of sp³-hybridized carbons (Fsp3) is 0.286. The van der Waals surface area contributed by atoms with E-state index in [-0.39, 0.29) is 11.9 Å². The Bertz CT molecular complexity index is 724. The Balaban J connectivity index is 1.97. The van der Waals surface area contributed by atoms with E-state index < -0.39 is 0 Å². The van der Waals surface area contributed by atoms with Crippen LogP contribution in [0.2, 0.25) is 0 Å². The largest absolute Gasteiger partial charge is 0.327 e. The van der Waals surface area contributed by atoms with Crippen LogP contribution < -0.4 is 0 Å². The Kier molecular flexibility index (Phi) is 5.52. The van der Waals surface area contributed by atoms with Gasteiger partial charge in [0.15, 0.2) is 0 Å². The minimum atomic E-state index is 0.0988. The average Bonchev–Trinajstić information content (AvgIpc) is 2.63. The van der Waals surface area contributed by atoms with Crippen LogP contribution in [-0.2, 0) is 11.3 Å². The van der Waals surface area contributed by atoms with Crippen molar-refractivity contribution in [2.45, 2.75) is 38.8 Å². The zero-order valence-corrected chi connectivity index (χ0v) is 15.5. The lowest BCUT2D eigenvalue weighted by atomic mass is 9.91. The van der Waals surface area contributed by atoms with E-state index in [1.54, 1.807) is 0 Å². The number of benzene rings is 2. The summed E-state index contributed by atoms with van der Waals surface area (Å²) in [6.45, 7) is 2.79. The second kappa shape index (κ2) is 7.80. The molecule has 1 heterocycles. The molecule has 0 N–H and O–H groups in total. The quantitative estimate of drug-likeness (QED) is 0.656. The number of halogens is 1. The molecule has 1 atom stereocenters. The van der Waals surface area contributed by atoms with Gasteiger partial charge >= 0.3 is 0 Å². The highest BCUT2D eigenvalue weighted by Crippen LogP contribution is 2.39. The first-order valence-corrected chi connectivity index (χ1v) is 9.27. The summed E-state index contributed by atoms with van der Waals surface area (Å²) in [6.07, 6.45) is 2.92. The smallest absolute Gasteiger partial charge is 0.261 e. The third kappa shape index (κ3) is 3.62. The summed E-state index contributed by atoms with van der Waals surface area (Å²) in [5.41, 5.74) is 3.60. The molecule has 24 heavy (non-hydrogen) atoms. The van der Waals surface area contributed by atoms with Gasteiger partial charge in [0.2, 0.25) is 0 Å². The van der Waals surface area contributed by atoms with Gasteiger partial charge < -0.3 is 4.90 Å². The van der Waals surface area contributed by atoms with Gasteiger partial charge in [0.1, 0.15) is 0 Å². The second-order valence-electron chi connectivity index (χ2n) is 6.22. The third-order valence-electron chi connectivity index (χ3n) is 4.51. The fourth-order valence-corrected chi connectivity index (χ4v) is 3.89. The maximum absolute atomic E-state index is 13.0. The number of carbonyl (C=O) groups excluding carboxylic acids is 1. The van der Waals surface area contributed by atoms with E-state index in [1.165, 1.54) is 11.1 Å². The normalized spacial score (nSPS) is 18.2. The zero-order chi connectivity index (χ0) is 16.9. The van der Waals surface area contributed by atoms with E-state index in [2.05, 4.69) is 47.1 Å². The van der Waals surface area contributed by atoms with Crippen molar-refractivity contribution in [1.82, 2.24) is 4.90 Å². The molecule has 1 aliphatic rings. The molecule has 1 unspecified atom stereocenters. The van der Waals surface area contributed by atoms with Crippen molar-refractivity contribution in [3.8, 4) is 0 Å². The number of carbonyl (C=O) groups is 1. The van der Waals surface area contributed by atoms with Gasteiger partial charge in [-0.05, 0) is 45.5 Å².